The highest BCUT2D eigenvalue weighted by Crippen LogP contribution is 2.23. The second-order valence-corrected chi connectivity index (χ2v) is 6.80. The Labute approximate surface area is 136 Å². The molecule has 0 atom stereocenters. The van der Waals surface area contributed by atoms with E-state index in [0.717, 1.165) is 17.0 Å². The summed E-state index contributed by atoms with van der Waals surface area (Å²) in [6.45, 7) is 8.49. The smallest absolute Gasteiger partial charge is 0.275 e. The van der Waals surface area contributed by atoms with E-state index in [1.165, 1.54) is 5.56 Å². The molecule has 1 amide bonds. The first-order valence-corrected chi connectivity index (χ1v) is 7.71. The van der Waals surface area contributed by atoms with Gasteiger partial charge in [-0.2, -0.15) is 0 Å². The van der Waals surface area contributed by atoms with Gasteiger partial charge in [0.15, 0.2) is 0 Å². The standard InChI is InChI=1S/C19H21N3O/c1-13-6-5-7-17-21-16(12-22(13)17)18(23)20-15-10-8-14(9-11-15)19(2,3)4/h5-12H,1-4H3,(H,20,23). The maximum atomic E-state index is 12.4. The summed E-state index contributed by atoms with van der Waals surface area (Å²) in [6, 6.07) is 13.8. The fourth-order valence-corrected chi connectivity index (χ4v) is 2.51. The molecule has 3 rings (SSSR count). The number of nitrogens with zero attached hydrogens (tertiary/aromatic N) is 2. The number of hydrogen-bond acceptors (Lipinski definition) is 2. The highest BCUT2D eigenvalue weighted by Gasteiger charge is 2.14. The van der Waals surface area contributed by atoms with Gasteiger partial charge < -0.3 is 9.72 Å². The van der Waals surface area contributed by atoms with E-state index in [9.17, 15) is 4.79 Å². The molecule has 2 heterocycles. The van der Waals surface area contributed by atoms with E-state index in [4.69, 9.17) is 0 Å². The van der Waals surface area contributed by atoms with Crippen LogP contribution in [-0.2, 0) is 5.41 Å². The topological polar surface area (TPSA) is 46.4 Å². The van der Waals surface area contributed by atoms with Gasteiger partial charge in [-0.1, -0.05) is 39.0 Å². The Balaban J connectivity index is 1.82. The van der Waals surface area contributed by atoms with Crippen molar-refractivity contribution in [3.8, 4) is 0 Å². The van der Waals surface area contributed by atoms with Crippen LogP contribution in [0.5, 0.6) is 0 Å². The lowest BCUT2D eigenvalue weighted by Crippen LogP contribution is -2.14. The summed E-state index contributed by atoms with van der Waals surface area (Å²) in [6.07, 6.45) is 1.77. The number of aromatic nitrogens is 2. The number of fused-ring (bicyclic) bond motifs is 1. The van der Waals surface area contributed by atoms with E-state index >= 15 is 0 Å². The number of nitrogens with one attached hydrogen (secondary N) is 1. The van der Waals surface area contributed by atoms with Gasteiger partial charge in [0.1, 0.15) is 11.3 Å². The first-order valence-electron chi connectivity index (χ1n) is 7.71. The molecule has 4 heteroatoms. The van der Waals surface area contributed by atoms with Gasteiger partial charge in [-0.15, -0.1) is 0 Å². The molecule has 0 aliphatic rings. The minimum atomic E-state index is -0.198. The number of rotatable bonds is 2. The van der Waals surface area contributed by atoms with Gasteiger partial charge in [-0.3, -0.25) is 4.79 Å². The Kier molecular flexibility index (Phi) is 3.68. The second-order valence-electron chi connectivity index (χ2n) is 6.80. The van der Waals surface area contributed by atoms with Crippen LogP contribution in [0.4, 0.5) is 5.69 Å². The highest BCUT2D eigenvalue weighted by atomic mass is 16.1. The number of imidazole rings is 1. The van der Waals surface area contributed by atoms with Crippen LogP contribution < -0.4 is 5.32 Å². The predicted octanol–water partition coefficient (Wildman–Crippen LogP) is 4.19. The van der Waals surface area contributed by atoms with E-state index in [2.05, 4.69) is 31.1 Å². The number of benzene rings is 1. The van der Waals surface area contributed by atoms with Gasteiger partial charge in [0, 0.05) is 17.6 Å². The van der Waals surface area contributed by atoms with Crippen LogP contribution in [0.15, 0.2) is 48.7 Å². The van der Waals surface area contributed by atoms with E-state index in [0.29, 0.717) is 5.69 Å². The summed E-state index contributed by atoms with van der Waals surface area (Å²) in [4.78, 5) is 16.8. The van der Waals surface area contributed by atoms with Crippen molar-refractivity contribution < 1.29 is 4.79 Å². The summed E-state index contributed by atoms with van der Waals surface area (Å²) in [7, 11) is 0. The number of carbonyl (C=O) groups is 1. The van der Waals surface area contributed by atoms with Gasteiger partial charge in [0.25, 0.3) is 5.91 Å². The number of hydrogen-bond donors (Lipinski definition) is 1. The zero-order valence-electron chi connectivity index (χ0n) is 13.9. The van der Waals surface area contributed by atoms with Crippen LogP contribution in [0, 0.1) is 6.92 Å². The summed E-state index contributed by atoms with van der Waals surface area (Å²) >= 11 is 0. The van der Waals surface area contributed by atoms with Gasteiger partial charge in [0.05, 0.1) is 0 Å². The number of anilines is 1. The van der Waals surface area contributed by atoms with Crippen LogP contribution in [0.3, 0.4) is 0 Å². The molecule has 0 radical (unpaired) electrons. The summed E-state index contributed by atoms with van der Waals surface area (Å²) < 4.78 is 1.91. The third-order valence-corrected chi connectivity index (χ3v) is 3.94. The molecule has 4 nitrogen and oxygen atoms in total. The fourth-order valence-electron chi connectivity index (χ4n) is 2.51. The highest BCUT2D eigenvalue weighted by molar-refractivity contribution is 6.03. The van der Waals surface area contributed by atoms with E-state index < -0.39 is 0 Å². The molecule has 1 aromatic carbocycles. The van der Waals surface area contributed by atoms with Crippen LogP contribution in [0.25, 0.3) is 5.65 Å². The van der Waals surface area contributed by atoms with E-state index in [1.807, 2.05) is 53.8 Å². The normalized spacial score (nSPS) is 11.7. The zero-order chi connectivity index (χ0) is 16.6. The summed E-state index contributed by atoms with van der Waals surface area (Å²) in [5, 5.41) is 2.90. The average molecular weight is 307 g/mol. The Morgan fingerprint density at radius 1 is 1.09 bits per heavy atom. The van der Waals surface area contributed by atoms with Crippen molar-refractivity contribution in [1.82, 2.24) is 9.38 Å². The van der Waals surface area contributed by atoms with Crippen molar-refractivity contribution in [2.45, 2.75) is 33.1 Å². The zero-order valence-corrected chi connectivity index (χ0v) is 13.9. The van der Waals surface area contributed by atoms with E-state index in [-0.39, 0.29) is 11.3 Å². The molecule has 2 aromatic heterocycles. The summed E-state index contributed by atoms with van der Waals surface area (Å²) in [5.41, 5.74) is 4.35. The Morgan fingerprint density at radius 2 is 1.78 bits per heavy atom. The molecule has 0 aliphatic carbocycles. The quantitative estimate of drug-likeness (QED) is 0.771. The fraction of sp³-hybridized carbons (Fsp3) is 0.263. The van der Waals surface area contributed by atoms with Crippen LogP contribution in [0.1, 0.15) is 42.5 Å². The maximum absolute atomic E-state index is 12.4. The van der Waals surface area contributed by atoms with Crippen LogP contribution >= 0.6 is 0 Å². The second kappa shape index (κ2) is 5.54. The van der Waals surface area contributed by atoms with Crippen LogP contribution in [0.2, 0.25) is 0 Å². The van der Waals surface area contributed by atoms with Crippen LogP contribution in [-0.4, -0.2) is 15.3 Å². The lowest BCUT2D eigenvalue weighted by atomic mass is 9.87. The number of aryl methyl sites for hydroxylation is 1. The van der Waals surface area contributed by atoms with Crippen molar-refractivity contribution in [3.63, 3.8) is 0 Å². The minimum absolute atomic E-state index is 0.0989. The number of pyridine rings is 1. The van der Waals surface area contributed by atoms with Crippen molar-refractivity contribution in [1.29, 1.82) is 0 Å². The average Bonchev–Trinajstić information content (AvgIpc) is 2.92. The maximum Gasteiger partial charge on any atom is 0.275 e. The van der Waals surface area contributed by atoms with Crippen molar-refractivity contribution in [2.24, 2.45) is 0 Å². The van der Waals surface area contributed by atoms with Crippen molar-refractivity contribution >= 4 is 17.2 Å². The molecule has 3 aromatic rings. The minimum Gasteiger partial charge on any atom is -0.321 e. The monoisotopic (exact) mass is 307 g/mol. The molecule has 0 aliphatic heterocycles. The molecule has 23 heavy (non-hydrogen) atoms. The van der Waals surface area contributed by atoms with Gasteiger partial charge in [0.2, 0.25) is 0 Å². The van der Waals surface area contributed by atoms with Gasteiger partial charge in [-0.25, -0.2) is 4.98 Å². The lowest BCUT2D eigenvalue weighted by molar-refractivity contribution is 0.102. The molecule has 0 unspecified atom stereocenters. The molecule has 0 saturated carbocycles. The Hall–Kier alpha value is -2.62. The third kappa shape index (κ3) is 3.11. The van der Waals surface area contributed by atoms with Gasteiger partial charge in [-0.05, 0) is 42.2 Å². The number of amides is 1. The molecule has 1 N–H and O–H groups in total. The first kappa shape index (κ1) is 15.3. The SMILES string of the molecule is Cc1cccc2nc(C(=O)Nc3ccc(C(C)(C)C)cc3)cn12. The summed E-state index contributed by atoms with van der Waals surface area (Å²) in [5.74, 6) is -0.198. The Morgan fingerprint density at radius 3 is 2.39 bits per heavy atom. The molecule has 0 fully saturated rings. The van der Waals surface area contributed by atoms with Gasteiger partial charge >= 0.3 is 0 Å². The Bertz CT molecular complexity index is 854. The third-order valence-electron chi connectivity index (χ3n) is 3.94. The molecule has 0 bridgehead atoms. The van der Waals surface area contributed by atoms with E-state index in [1.54, 1.807) is 6.20 Å². The largest absolute Gasteiger partial charge is 0.321 e. The molecular weight excluding hydrogens is 286 g/mol. The van der Waals surface area contributed by atoms with Crippen molar-refractivity contribution in [2.75, 3.05) is 5.32 Å². The lowest BCUT2D eigenvalue weighted by Gasteiger charge is -2.19. The molecule has 118 valence electrons. The molecular formula is C19H21N3O. The molecule has 0 spiro atoms. The van der Waals surface area contributed by atoms with Crippen molar-refractivity contribution in [3.05, 3.63) is 65.6 Å². The first-order chi connectivity index (χ1) is 10.8. The molecule has 0 saturated heterocycles. The number of carbonyl (C=O) groups excluding carboxylic acids is 1. The predicted molar refractivity (Wildman–Crippen MR) is 93.0 cm³/mol.